The Bertz CT molecular complexity index is 1590. The van der Waals surface area contributed by atoms with Crippen molar-refractivity contribution in [3.63, 3.8) is 0 Å². The molecule has 228 valence electrons. The summed E-state index contributed by atoms with van der Waals surface area (Å²) in [7, 11) is 0. The number of benzene rings is 3. The minimum Gasteiger partial charge on any atom is -0.444 e. The molecule has 5 rings (SSSR count). The first-order valence-electron chi connectivity index (χ1n) is 14.4. The minimum absolute atomic E-state index is 0.259. The van der Waals surface area contributed by atoms with Crippen LogP contribution in [0.3, 0.4) is 0 Å². The number of nitrogens with one attached hydrogen (secondary N) is 3. The molecule has 1 aliphatic rings. The average Bonchev–Trinajstić information content (AvgIpc) is 3.49. The molecule has 1 aromatic heterocycles. The number of anilines is 3. The summed E-state index contributed by atoms with van der Waals surface area (Å²) in [6, 6.07) is 22.7. The quantitative estimate of drug-likeness (QED) is 0.256. The zero-order valence-electron chi connectivity index (χ0n) is 24.9. The van der Waals surface area contributed by atoms with Gasteiger partial charge >= 0.3 is 6.09 Å². The summed E-state index contributed by atoms with van der Waals surface area (Å²) in [6.07, 6.45) is 2.42. The van der Waals surface area contributed by atoms with Gasteiger partial charge in [0.25, 0.3) is 11.8 Å². The highest BCUT2D eigenvalue weighted by atomic mass is 16.6. The number of nitrogens with zero attached hydrogens (tertiary/aromatic N) is 3. The van der Waals surface area contributed by atoms with Gasteiger partial charge in [-0.3, -0.25) is 9.59 Å². The molecule has 1 unspecified atom stereocenters. The van der Waals surface area contributed by atoms with Crippen LogP contribution in [0.2, 0.25) is 0 Å². The van der Waals surface area contributed by atoms with Gasteiger partial charge in [-0.2, -0.15) is 5.10 Å². The normalized spacial score (nSPS) is 13.9. The molecule has 0 spiro atoms. The highest BCUT2D eigenvalue weighted by Gasteiger charge is 2.26. The maximum Gasteiger partial charge on any atom is 0.408 e. The van der Waals surface area contributed by atoms with E-state index in [9.17, 15) is 14.4 Å². The standard InChI is InChI=1S/C33H36N6O5/c1-33(2,3)44-32(42)37-29(23-8-5-4-6-9-23)31(41)36-26-21-34-39(22-26)28-11-7-10-24(20-28)30(40)35-25-12-14-27(15-13-25)38-16-18-43-19-17-38/h4-15,20-22,29H,16-19H2,1-3H3,(H,35,40)(H,36,41)(H,37,42). The maximum absolute atomic E-state index is 13.3. The minimum atomic E-state index is -0.996. The van der Waals surface area contributed by atoms with Crippen LogP contribution in [0.15, 0.2) is 91.3 Å². The van der Waals surface area contributed by atoms with E-state index in [0.717, 1.165) is 18.8 Å². The molecule has 0 saturated carbocycles. The molecule has 11 nitrogen and oxygen atoms in total. The number of carbonyl (C=O) groups excluding carboxylic acids is 3. The van der Waals surface area contributed by atoms with Crippen LogP contribution in [0.25, 0.3) is 5.69 Å². The van der Waals surface area contributed by atoms with Crippen molar-refractivity contribution in [3.05, 3.63) is 102 Å². The number of alkyl carbamates (subject to hydrolysis) is 1. The van der Waals surface area contributed by atoms with Gasteiger partial charge in [0, 0.05) is 30.0 Å². The Kier molecular flexibility index (Phi) is 9.25. The largest absolute Gasteiger partial charge is 0.444 e. The van der Waals surface area contributed by atoms with Gasteiger partial charge in [-0.05, 0) is 68.8 Å². The number of carbonyl (C=O) groups is 3. The van der Waals surface area contributed by atoms with Crippen LogP contribution in [0.1, 0.15) is 42.7 Å². The summed E-state index contributed by atoms with van der Waals surface area (Å²) in [5.41, 5.74) is 3.15. The lowest BCUT2D eigenvalue weighted by atomic mass is 10.1. The Morgan fingerprint density at radius 3 is 2.30 bits per heavy atom. The van der Waals surface area contributed by atoms with E-state index in [1.807, 2.05) is 36.4 Å². The third-order valence-electron chi connectivity index (χ3n) is 6.78. The first-order chi connectivity index (χ1) is 21.1. The molecule has 4 aromatic rings. The molecular weight excluding hydrogens is 560 g/mol. The molecule has 3 amide bonds. The Hall–Kier alpha value is -5.16. The molecule has 0 bridgehead atoms. The van der Waals surface area contributed by atoms with Crippen LogP contribution in [-0.2, 0) is 14.3 Å². The number of amides is 3. The topological polar surface area (TPSA) is 127 Å². The molecule has 11 heteroatoms. The third kappa shape index (κ3) is 8.01. The average molecular weight is 597 g/mol. The Morgan fingerprint density at radius 2 is 1.59 bits per heavy atom. The van der Waals surface area contributed by atoms with E-state index in [0.29, 0.717) is 41.4 Å². The molecule has 2 heterocycles. The second-order valence-corrected chi connectivity index (χ2v) is 11.3. The van der Waals surface area contributed by atoms with Crippen LogP contribution in [0.5, 0.6) is 0 Å². The van der Waals surface area contributed by atoms with Gasteiger partial charge in [-0.1, -0.05) is 36.4 Å². The molecule has 1 fully saturated rings. The summed E-state index contributed by atoms with van der Waals surface area (Å²) in [5.74, 6) is -0.722. The summed E-state index contributed by atoms with van der Waals surface area (Å²) in [6.45, 7) is 8.35. The number of morpholine rings is 1. The van der Waals surface area contributed by atoms with Crippen molar-refractivity contribution in [2.45, 2.75) is 32.4 Å². The van der Waals surface area contributed by atoms with E-state index in [2.05, 4.69) is 25.9 Å². The highest BCUT2D eigenvalue weighted by molar-refractivity contribution is 6.04. The van der Waals surface area contributed by atoms with Crippen LogP contribution >= 0.6 is 0 Å². The lowest BCUT2D eigenvalue weighted by molar-refractivity contribution is -0.118. The van der Waals surface area contributed by atoms with Crippen LogP contribution in [0, 0.1) is 0 Å². The molecule has 1 aliphatic heterocycles. The second kappa shape index (κ2) is 13.4. The van der Waals surface area contributed by atoms with Gasteiger partial charge in [0.1, 0.15) is 11.6 Å². The molecule has 1 saturated heterocycles. The van der Waals surface area contributed by atoms with Gasteiger partial charge in [0.05, 0.1) is 37.0 Å². The summed E-state index contributed by atoms with van der Waals surface area (Å²) in [4.78, 5) is 41.1. The Balaban J connectivity index is 1.24. The first kappa shape index (κ1) is 30.3. The van der Waals surface area contributed by atoms with Crippen molar-refractivity contribution in [3.8, 4) is 5.69 Å². The summed E-state index contributed by atoms with van der Waals surface area (Å²) >= 11 is 0. The smallest absolute Gasteiger partial charge is 0.408 e. The van der Waals surface area contributed by atoms with Crippen LogP contribution in [0.4, 0.5) is 21.9 Å². The number of ether oxygens (including phenoxy) is 2. The van der Waals surface area contributed by atoms with E-state index in [1.54, 1.807) is 74.1 Å². The maximum atomic E-state index is 13.3. The SMILES string of the molecule is CC(C)(C)OC(=O)NC(C(=O)Nc1cnn(-c2cccc(C(=O)Nc3ccc(N4CCOCC4)cc3)c2)c1)c1ccccc1. The Morgan fingerprint density at radius 1 is 0.864 bits per heavy atom. The van der Waals surface area contributed by atoms with Crippen LogP contribution < -0.4 is 20.9 Å². The van der Waals surface area contributed by atoms with Crippen molar-refractivity contribution < 1.29 is 23.9 Å². The predicted molar refractivity (Wildman–Crippen MR) is 168 cm³/mol. The monoisotopic (exact) mass is 596 g/mol. The van der Waals surface area contributed by atoms with E-state index in [-0.39, 0.29) is 5.91 Å². The van der Waals surface area contributed by atoms with Crippen molar-refractivity contribution >= 4 is 35.0 Å². The van der Waals surface area contributed by atoms with E-state index >= 15 is 0 Å². The van der Waals surface area contributed by atoms with Crippen molar-refractivity contribution in [2.75, 3.05) is 41.8 Å². The fourth-order valence-electron chi connectivity index (χ4n) is 4.68. The van der Waals surface area contributed by atoms with Gasteiger partial charge < -0.3 is 30.3 Å². The van der Waals surface area contributed by atoms with Gasteiger partial charge in [0.2, 0.25) is 0 Å². The molecule has 0 aliphatic carbocycles. The first-order valence-corrected chi connectivity index (χ1v) is 14.4. The fraction of sp³-hybridized carbons (Fsp3) is 0.273. The molecule has 3 aromatic carbocycles. The van der Waals surface area contributed by atoms with Crippen molar-refractivity contribution in [1.29, 1.82) is 0 Å². The molecule has 0 radical (unpaired) electrons. The fourth-order valence-corrected chi connectivity index (χ4v) is 4.68. The predicted octanol–water partition coefficient (Wildman–Crippen LogP) is 5.17. The number of aromatic nitrogens is 2. The molecular formula is C33H36N6O5. The number of rotatable bonds is 8. The third-order valence-corrected chi connectivity index (χ3v) is 6.78. The van der Waals surface area contributed by atoms with Gasteiger partial charge in [-0.15, -0.1) is 0 Å². The van der Waals surface area contributed by atoms with E-state index in [1.165, 1.54) is 6.20 Å². The van der Waals surface area contributed by atoms with Crippen LogP contribution in [-0.4, -0.2) is 59.6 Å². The van der Waals surface area contributed by atoms with E-state index < -0.39 is 23.6 Å². The highest BCUT2D eigenvalue weighted by Crippen LogP contribution is 2.21. The molecule has 3 N–H and O–H groups in total. The summed E-state index contributed by atoms with van der Waals surface area (Å²) < 4.78 is 12.3. The lowest BCUT2D eigenvalue weighted by Crippen LogP contribution is -2.40. The van der Waals surface area contributed by atoms with Gasteiger partial charge in [-0.25, -0.2) is 9.48 Å². The molecule has 44 heavy (non-hydrogen) atoms. The molecule has 1 atom stereocenters. The number of hydrogen-bond donors (Lipinski definition) is 3. The summed E-state index contributed by atoms with van der Waals surface area (Å²) in [5, 5.41) is 12.8. The van der Waals surface area contributed by atoms with Crippen molar-refractivity contribution in [2.24, 2.45) is 0 Å². The van der Waals surface area contributed by atoms with Gasteiger partial charge in [0.15, 0.2) is 0 Å². The second-order valence-electron chi connectivity index (χ2n) is 11.3. The Labute approximate surface area is 256 Å². The zero-order chi connectivity index (χ0) is 31.1. The van der Waals surface area contributed by atoms with E-state index in [4.69, 9.17) is 9.47 Å². The zero-order valence-corrected chi connectivity index (χ0v) is 24.9. The lowest BCUT2D eigenvalue weighted by Gasteiger charge is -2.28. The van der Waals surface area contributed by atoms with Crippen molar-refractivity contribution in [1.82, 2.24) is 15.1 Å². The number of hydrogen-bond acceptors (Lipinski definition) is 7.